The third-order valence-electron chi connectivity index (χ3n) is 5.24. The van der Waals surface area contributed by atoms with E-state index in [1.54, 1.807) is 42.5 Å². The van der Waals surface area contributed by atoms with Crippen molar-refractivity contribution in [3.05, 3.63) is 89.7 Å². The summed E-state index contributed by atoms with van der Waals surface area (Å²) in [5.41, 5.74) is 1.57. The number of carbonyl (C=O) groups excluding carboxylic acids is 1. The molecule has 0 spiro atoms. The Hall–Kier alpha value is -3.56. The van der Waals surface area contributed by atoms with Gasteiger partial charge in [0.15, 0.2) is 6.61 Å². The molecule has 178 valence electrons. The number of hydrogen-bond acceptors (Lipinski definition) is 6. The van der Waals surface area contributed by atoms with Gasteiger partial charge in [-0.3, -0.25) is 4.98 Å². The highest BCUT2D eigenvalue weighted by molar-refractivity contribution is 7.89. The van der Waals surface area contributed by atoms with Gasteiger partial charge in [0.05, 0.1) is 0 Å². The van der Waals surface area contributed by atoms with E-state index in [0.717, 1.165) is 17.4 Å². The molecular formula is C25H26N2O6S. The molecule has 0 saturated carbocycles. The average Bonchev–Trinajstić information content (AvgIpc) is 2.83. The summed E-state index contributed by atoms with van der Waals surface area (Å²) in [5.74, 6) is -0.772. The van der Waals surface area contributed by atoms with Crippen LogP contribution in [0.15, 0.2) is 78.0 Å². The Kier molecular flexibility index (Phi) is 7.80. The van der Waals surface area contributed by atoms with Crippen molar-refractivity contribution in [1.29, 1.82) is 0 Å². The average molecular weight is 483 g/mol. The summed E-state index contributed by atoms with van der Waals surface area (Å²) < 4.78 is 33.4. The zero-order valence-corrected chi connectivity index (χ0v) is 19.7. The molecule has 0 unspecified atom stereocenters. The Balaban J connectivity index is 1.92. The van der Waals surface area contributed by atoms with Gasteiger partial charge in [0.2, 0.25) is 10.0 Å². The van der Waals surface area contributed by atoms with Crippen molar-refractivity contribution < 1.29 is 27.9 Å². The predicted octanol–water partition coefficient (Wildman–Crippen LogP) is 3.41. The highest BCUT2D eigenvalue weighted by Crippen LogP contribution is 2.25. The molecule has 0 saturated heterocycles. The molecule has 0 aliphatic rings. The van der Waals surface area contributed by atoms with E-state index in [4.69, 9.17) is 9.84 Å². The van der Waals surface area contributed by atoms with Crippen molar-refractivity contribution in [1.82, 2.24) is 9.29 Å². The van der Waals surface area contributed by atoms with Crippen LogP contribution in [0.3, 0.4) is 0 Å². The number of ether oxygens (including phenoxy) is 1. The van der Waals surface area contributed by atoms with Crippen molar-refractivity contribution in [2.45, 2.75) is 37.2 Å². The first kappa shape index (κ1) is 25.1. The Bertz CT molecular complexity index is 1240. The first-order valence-electron chi connectivity index (χ1n) is 10.5. The standard InChI is InChI=1S/C25H26N2O6S/c1-25(2,18-28)21-10-8-19(9-11-21)15-27(34(31,32)23-7-4-12-26-14-23)16-20-5-3-6-22(13-20)33-17-24(29)30/h3-14,18H,15-17H2,1-2H3,(H,29,30). The molecule has 0 radical (unpaired) electrons. The summed E-state index contributed by atoms with van der Waals surface area (Å²) in [6.45, 7) is 3.24. The second-order valence-corrected chi connectivity index (χ2v) is 10.3. The molecule has 34 heavy (non-hydrogen) atoms. The first-order valence-corrected chi connectivity index (χ1v) is 12.0. The van der Waals surface area contributed by atoms with Gasteiger partial charge >= 0.3 is 5.97 Å². The van der Waals surface area contributed by atoms with E-state index < -0.39 is 28.0 Å². The molecule has 1 aromatic heterocycles. The highest BCUT2D eigenvalue weighted by atomic mass is 32.2. The molecule has 0 aliphatic heterocycles. The third-order valence-corrected chi connectivity index (χ3v) is 7.02. The smallest absolute Gasteiger partial charge is 0.341 e. The number of pyridine rings is 1. The lowest BCUT2D eigenvalue weighted by Crippen LogP contribution is -2.30. The van der Waals surface area contributed by atoms with Crippen LogP contribution in [0.1, 0.15) is 30.5 Å². The Morgan fingerprint density at radius 3 is 2.38 bits per heavy atom. The van der Waals surface area contributed by atoms with E-state index in [9.17, 15) is 18.0 Å². The van der Waals surface area contributed by atoms with Crippen LogP contribution in [-0.4, -0.2) is 41.7 Å². The van der Waals surface area contributed by atoms with Gasteiger partial charge in [0.25, 0.3) is 0 Å². The van der Waals surface area contributed by atoms with Gasteiger partial charge in [0, 0.05) is 30.9 Å². The molecule has 9 heteroatoms. The van der Waals surface area contributed by atoms with Crippen LogP contribution in [0.25, 0.3) is 0 Å². The fraction of sp³-hybridized carbons (Fsp3) is 0.240. The van der Waals surface area contributed by atoms with Crippen LogP contribution in [0, 0.1) is 0 Å². The fourth-order valence-electron chi connectivity index (χ4n) is 3.27. The Labute approximate surface area is 198 Å². The maximum absolute atomic E-state index is 13.4. The molecule has 8 nitrogen and oxygen atoms in total. The molecule has 0 fully saturated rings. The van der Waals surface area contributed by atoms with E-state index in [1.165, 1.54) is 22.8 Å². The second kappa shape index (κ2) is 10.6. The lowest BCUT2D eigenvalue weighted by atomic mass is 9.86. The van der Waals surface area contributed by atoms with Gasteiger partial charge < -0.3 is 14.6 Å². The molecule has 2 aromatic carbocycles. The van der Waals surface area contributed by atoms with Crippen molar-refractivity contribution in [3.8, 4) is 5.75 Å². The molecule has 1 N–H and O–H groups in total. The number of nitrogens with zero attached hydrogens (tertiary/aromatic N) is 2. The van der Waals surface area contributed by atoms with E-state index >= 15 is 0 Å². The lowest BCUT2D eigenvalue weighted by Gasteiger charge is -2.23. The largest absolute Gasteiger partial charge is 0.482 e. The number of hydrogen-bond donors (Lipinski definition) is 1. The first-order chi connectivity index (χ1) is 16.1. The maximum Gasteiger partial charge on any atom is 0.341 e. The molecule has 0 aliphatic carbocycles. The molecule has 1 heterocycles. The van der Waals surface area contributed by atoms with Gasteiger partial charge in [-0.2, -0.15) is 4.31 Å². The van der Waals surface area contributed by atoms with Crippen molar-refractivity contribution in [3.63, 3.8) is 0 Å². The van der Waals surface area contributed by atoms with Gasteiger partial charge in [-0.05, 0) is 54.8 Å². The summed E-state index contributed by atoms with van der Waals surface area (Å²) in [6.07, 6.45) is 3.67. The second-order valence-electron chi connectivity index (χ2n) is 8.33. The number of carboxylic acid groups (broad SMARTS) is 1. The summed E-state index contributed by atoms with van der Waals surface area (Å²) in [4.78, 5) is 26.1. The maximum atomic E-state index is 13.4. The van der Waals surface area contributed by atoms with Crippen LogP contribution in [-0.2, 0) is 38.1 Å². The molecule has 0 bridgehead atoms. The Morgan fingerprint density at radius 1 is 1.06 bits per heavy atom. The Morgan fingerprint density at radius 2 is 1.76 bits per heavy atom. The number of sulfonamides is 1. The number of aldehydes is 1. The molecule has 0 atom stereocenters. The molecule has 3 aromatic rings. The van der Waals surface area contributed by atoms with Crippen molar-refractivity contribution in [2.75, 3.05) is 6.61 Å². The van der Waals surface area contributed by atoms with Crippen molar-refractivity contribution in [2.24, 2.45) is 0 Å². The summed E-state index contributed by atoms with van der Waals surface area (Å²) in [5, 5.41) is 8.83. The number of carbonyl (C=O) groups is 2. The highest BCUT2D eigenvalue weighted by Gasteiger charge is 2.26. The van der Waals surface area contributed by atoms with Crippen molar-refractivity contribution >= 4 is 22.3 Å². The van der Waals surface area contributed by atoms with E-state index in [-0.39, 0.29) is 18.0 Å². The van der Waals surface area contributed by atoms with E-state index in [1.807, 2.05) is 26.0 Å². The zero-order valence-electron chi connectivity index (χ0n) is 18.9. The topological polar surface area (TPSA) is 114 Å². The quantitative estimate of drug-likeness (QED) is 0.417. The summed E-state index contributed by atoms with van der Waals surface area (Å²) in [7, 11) is -3.90. The number of benzene rings is 2. The molecular weight excluding hydrogens is 456 g/mol. The molecule has 3 rings (SSSR count). The van der Waals surface area contributed by atoms with Gasteiger partial charge in [0.1, 0.15) is 16.9 Å². The number of rotatable bonds is 11. The monoisotopic (exact) mass is 482 g/mol. The summed E-state index contributed by atoms with van der Waals surface area (Å²) >= 11 is 0. The number of carboxylic acids is 1. The van der Waals surface area contributed by atoms with Crippen LogP contribution in [0.5, 0.6) is 5.75 Å². The SMILES string of the molecule is CC(C)(C=O)c1ccc(CN(Cc2cccc(OCC(=O)O)c2)S(=O)(=O)c2cccnc2)cc1. The molecule has 0 amide bonds. The zero-order chi connectivity index (χ0) is 24.8. The number of aliphatic carboxylic acids is 1. The minimum Gasteiger partial charge on any atom is -0.482 e. The van der Waals surface area contributed by atoms with Crippen LogP contribution < -0.4 is 4.74 Å². The summed E-state index contributed by atoms with van der Waals surface area (Å²) in [6, 6.07) is 16.9. The third kappa shape index (κ3) is 6.27. The van der Waals surface area contributed by atoms with E-state index in [2.05, 4.69) is 4.98 Å². The van der Waals surface area contributed by atoms with Gasteiger partial charge in [-0.1, -0.05) is 36.4 Å². The van der Waals surface area contributed by atoms with Gasteiger partial charge in [-0.25, -0.2) is 13.2 Å². The van der Waals surface area contributed by atoms with Crippen LogP contribution in [0.2, 0.25) is 0 Å². The lowest BCUT2D eigenvalue weighted by molar-refractivity contribution is -0.139. The van der Waals surface area contributed by atoms with Gasteiger partial charge in [-0.15, -0.1) is 0 Å². The fourth-order valence-corrected chi connectivity index (χ4v) is 4.65. The normalized spacial score (nSPS) is 11.9. The predicted molar refractivity (Wildman–Crippen MR) is 126 cm³/mol. The number of aromatic nitrogens is 1. The minimum atomic E-state index is -3.90. The van der Waals surface area contributed by atoms with Crippen LogP contribution in [0.4, 0.5) is 0 Å². The van der Waals surface area contributed by atoms with E-state index in [0.29, 0.717) is 11.3 Å². The van der Waals surface area contributed by atoms with Crippen LogP contribution >= 0.6 is 0 Å². The minimum absolute atomic E-state index is 0.0308.